The van der Waals surface area contributed by atoms with E-state index in [0.29, 0.717) is 56.1 Å². The molecule has 14 nitrogen and oxygen atoms in total. The predicted molar refractivity (Wildman–Crippen MR) is 152 cm³/mol. The average molecular weight is 599 g/mol. The fourth-order valence-electron chi connectivity index (χ4n) is 4.76. The molecular weight excluding hydrogens is 575 g/mol. The third kappa shape index (κ3) is 6.96. The summed E-state index contributed by atoms with van der Waals surface area (Å²) in [7, 11) is 0. The van der Waals surface area contributed by atoms with Gasteiger partial charge in [-0.1, -0.05) is 47.5 Å². The molecule has 16 heteroatoms. The molecule has 0 amide bonds. The van der Waals surface area contributed by atoms with Crippen molar-refractivity contribution in [2.45, 2.75) is 19.6 Å². The highest BCUT2D eigenvalue weighted by Crippen LogP contribution is 2.24. The van der Waals surface area contributed by atoms with Gasteiger partial charge in [0.25, 0.3) is 11.9 Å². The van der Waals surface area contributed by atoms with Crippen LogP contribution in [0.2, 0.25) is 10.3 Å². The molecule has 0 saturated carbocycles. The Morgan fingerprint density at radius 3 is 1.59 bits per heavy atom. The minimum Gasteiger partial charge on any atom is -0.331 e. The maximum atomic E-state index is 11.3. The standard InChI is InChI=1S/C25H24Cl2N10O4/c26-22-7-3-19(13-28-22)16-33-10-9-32(24(33)30-36(38)39)15-18-1-5-21(6-2-18)35-12-11-34(25(35)31-37(40)41)17-20-4-8-23(27)29-14-20/h1-8,13-14H,9-12,15-17H2/b30-24+,31-25+. The number of hydrazone groups is 2. The SMILES string of the molecule is O=[N+]([O-])/N=C1\N(Cc2ccc(N3CCN(Cc4ccc(Cl)nc4)/C3=N\[N+](=O)[O-])cc2)CCN1Cc1ccc(Cl)nc1. The van der Waals surface area contributed by atoms with Crippen molar-refractivity contribution in [1.82, 2.24) is 24.7 Å². The number of guanidine groups is 2. The summed E-state index contributed by atoms with van der Waals surface area (Å²) < 4.78 is 0. The number of pyridine rings is 2. The second-order valence-corrected chi connectivity index (χ2v) is 10.1. The predicted octanol–water partition coefficient (Wildman–Crippen LogP) is 3.52. The minimum absolute atomic E-state index is 0.227. The number of hydrogen-bond donors (Lipinski definition) is 0. The quantitative estimate of drug-likeness (QED) is 0.203. The monoisotopic (exact) mass is 598 g/mol. The number of aromatic nitrogens is 2. The lowest BCUT2D eigenvalue weighted by Gasteiger charge is -2.22. The van der Waals surface area contributed by atoms with Gasteiger partial charge in [0, 0.05) is 63.9 Å². The first-order valence-corrected chi connectivity index (χ1v) is 13.3. The molecule has 0 radical (unpaired) electrons. The fourth-order valence-corrected chi connectivity index (χ4v) is 4.98. The first-order chi connectivity index (χ1) is 19.7. The lowest BCUT2D eigenvalue weighted by Crippen LogP contribution is -2.34. The second-order valence-electron chi connectivity index (χ2n) is 9.34. The van der Waals surface area contributed by atoms with Crippen LogP contribution in [0.15, 0.2) is 71.1 Å². The molecule has 5 rings (SSSR count). The Kier molecular flexibility index (Phi) is 8.40. The molecule has 0 atom stereocenters. The van der Waals surface area contributed by atoms with Crippen LogP contribution in [0.4, 0.5) is 5.69 Å². The van der Waals surface area contributed by atoms with Gasteiger partial charge in [-0.05, 0) is 41.0 Å². The lowest BCUT2D eigenvalue weighted by molar-refractivity contribution is -0.486. The number of rotatable bonds is 9. The zero-order chi connectivity index (χ0) is 28.9. The van der Waals surface area contributed by atoms with Crippen molar-refractivity contribution in [3.8, 4) is 0 Å². The van der Waals surface area contributed by atoms with Gasteiger partial charge in [-0.15, -0.1) is 0 Å². The van der Waals surface area contributed by atoms with E-state index < -0.39 is 10.1 Å². The molecule has 1 aromatic carbocycles. The molecule has 0 spiro atoms. The van der Waals surface area contributed by atoms with Crippen LogP contribution in [-0.4, -0.2) is 72.8 Å². The fraction of sp³-hybridized carbons (Fsp3) is 0.280. The maximum Gasteiger partial charge on any atom is 0.278 e. The molecule has 0 aliphatic carbocycles. The van der Waals surface area contributed by atoms with E-state index in [9.17, 15) is 20.2 Å². The van der Waals surface area contributed by atoms with Gasteiger partial charge in [0.2, 0.25) is 0 Å². The summed E-state index contributed by atoms with van der Waals surface area (Å²) in [5.74, 6) is 0.492. The maximum absolute atomic E-state index is 11.3. The van der Waals surface area contributed by atoms with Crippen LogP contribution in [0.25, 0.3) is 0 Å². The number of hydrogen-bond acceptors (Lipinski definition) is 6. The molecule has 41 heavy (non-hydrogen) atoms. The zero-order valence-electron chi connectivity index (χ0n) is 21.6. The average Bonchev–Trinajstić information content (AvgIpc) is 3.50. The van der Waals surface area contributed by atoms with Gasteiger partial charge in [-0.2, -0.15) is 0 Å². The van der Waals surface area contributed by atoms with Gasteiger partial charge >= 0.3 is 0 Å². The largest absolute Gasteiger partial charge is 0.331 e. The Bertz CT molecular complexity index is 1470. The minimum atomic E-state index is -0.704. The summed E-state index contributed by atoms with van der Waals surface area (Å²) in [6.07, 6.45) is 3.27. The Hall–Kier alpha value is -4.56. The number of halogens is 2. The molecule has 0 N–H and O–H groups in total. The van der Waals surface area contributed by atoms with Crippen LogP contribution in [0.1, 0.15) is 16.7 Å². The highest BCUT2D eigenvalue weighted by Gasteiger charge is 2.32. The number of nitrogens with zero attached hydrogens (tertiary/aromatic N) is 10. The number of benzene rings is 1. The van der Waals surface area contributed by atoms with Crippen molar-refractivity contribution in [3.05, 3.63) is 108 Å². The van der Waals surface area contributed by atoms with Crippen LogP contribution < -0.4 is 4.90 Å². The van der Waals surface area contributed by atoms with Crippen LogP contribution in [0, 0.1) is 20.2 Å². The molecule has 3 aromatic rings. The van der Waals surface area contributed by atoms with Gasteiger partial charge < -0.3 is 19.6 Å². The van der Waals surface area contributed by atoms with E-state index in [-0.39, 0.29) is 11.9 Å². The van der Waals surface area contributed by atoms with E-state index in [1.54, 1.807) is 29.4 Å². The van der Waals surface area contributed by atoms with E-state index in [1.165, 1.54) is 0 Å². The molecule has 2 saturated heterocycles. The van der Waals surface area contributed by atoms with E-state index in [0.717, 1.165) is 22.4 Å². The molecule has 0 unspecified atom stereocenters. The highest BCUT2D eigenvalue weighted by molar-refractivity contribution is 6.29. The summed E-state index contributed by atoms with van der Waals surface area (Å²) in [4.78, 5) is 38.1. The van der Waals surface area contributed by atoms with Crippen molar-refractivity contribution < 1.29 is 10.1 Å². The molecule has 2 fully saturated rings. The smallest absolute Gasteiger partial charge is 0.278 e. The van der Waals surface area contributed by atoms with Crippen LogP contribution in [0.5, 0.6) is 0 Å². The Morgan fingerprint density at radius 2 is 1.10 bits per heavy atom. The zero-order valence-corrected chi connectivity index (χ0v) is 23.1. The van der Waals surface area contributed by atoms with Gasteiger partial charge in [0.05, 0.1) is 0 Å². The first kappa shape index (κ1) is 28.0. The van der Waals surface area contributed by atoms with Gasteiger partial charge in [0.1, 0.15) is 20.5 Å². The third-order valence-electron chi connectivity index (χ3n) is 6.61. The van der Waals surface area contributed by atoms with Crippen molar-refractivity contribution in [2.24, 2.45) is 10.2 Å². The summed E-state index contributed by atoms with van der Waals surface area (Å²) in [5, 5.41) is 29.3. The van der Waals surface area contributed by atoms with E-state index >= 15 is 0 Å². The third-order valence-corrected chi connectivity index (χ3v) is 7.06. The number of anilines is 1. The summed E-state index contributed by atoms with van der Waals surface area (Å²) >= 11 is 11.7. The molecule has 212 valence electrons. The molecule has 2 aliphatic heterocycles. The van der Waals surface area contributed by atoms with Crippen LogP contribution >= 0.6 is 23.2 Å². The molecule has 2 aromatic heterocycles. The van der Waals surface area contributed by atoms with Gasteiger partial charge in [0.15, 0.2) is 10.1 Å². The summed E-state index contributed by atoms with van der Waals surface area (Å²) in [5.41, 5.74) is 3.34. The first-order valence-electron chi connectivity index (χ1n) is 12.5. The van der Waals surface area contributed by atoms with E-state index in [1.807, 2.05) is 51.1 Å². The lowest BCUT2D eigenvalue weighted by atomic mass is 10.2. The summed E-state index contributed by atoms with van der Waals surface area (Å²) in [6, 6.07) is 14.5. The summed E-state index contributed by atoms with van der Waals surface area (Å²) in [6.45, 7) is 3.34. The molecular formula is C25H24Cl2N10O4. The topological polar surface area (TPSA) is 150 Å². The molecule has 0 bridgehead atoms. The molecule has 2 aliphatic rings. The second kappa shape index (κ2) is 12.3. The van der Waals surface area contributed by atoms with E-state index in [4.69, 9.17) is 23.2 Å². The van der Waals surface area contributed by atoms with Gasteiger partial charge in [-0.3, -0.25) is 0 Å². The van der Waals surface area contributed by atoms with Crippen molar-refractivity contribution in [2.75, 3.05) is 31.1 Å². The van der Waals surface area contributed by atoms with Gasteiger partial charge in [-0.25, -0.2) is 30.2 Å². The Morgan fingerprint density at radius 1 is 0.659 bits per heavy atom. The number of nitro groups is 2. The molecule has 4 heterocycles. The van der Waals surface area contributed by atoms with Crippen LogP contribution in [-0.2, 0) is 19.6 Å². The van der Waals surface area contributed by atoms with Crippen molar-refractivity contribution in [1.29, 1.82) is 0 Å². The highest BCUT2D eigenvalue weighted by atomic mass is 35.5. The van der Waals surface area contributed by atoms with Crippen LogP contribution in [0.3, 0.4) is 0 Å². The Labute approximate surface area is 244 Å². The Balaban J connectivity index is 1.29. The van der Waals surface area contributed by atoms with Crippen molar-refractivity contribution >= 4 is 40.8 Å². The van der Waals surface area contributed by atoms with Crippen molar-refractivity contribution in [3.63, 3.8) is 0 Å². The van der Waals surface area contributed by atoms with E-state index in [2.05, 4.69) is 20.2 Å². The normalized spacial score (nSPS) is 17.2.